The molecule has 0 bridgehead atoms. The van der Waals surface area contributed by atoms with Crippen LogP contribution in [0.15, 0.2) is 30.3 Å². The molecule has 0 spiro atoms. The zero-order valence-corrected chi connectivity index (χ0v) is 15.5. The number of aromatic nitrogens is 1. The summed E-state index contributed by atoms with van der Waals surface area (Å²) in [5, 5.41) is 12.2. The van der Waals surface area contributed by atoms with Gasteiger partial charge in [0.2, 0.25) is 0 Å². The van der Waals surface area contributed by atoms with Crippen molar-refractivity contribution >= 4 is 39.4 Å². The lowest BCUT2D eigenvalue weighted by atomic mass is 9.94. The van der Waals surface area contributed by atoms with Crippen LogP contribution in [0.3, 0.4) is 0 Å². The molecule has 1 aromatic heterocycles. The molecule has 1 unspecified atom stereocenters. The number of carboxylic acids is 1. The minimum Gasteiger partial charge on any atom is -0.481 e. The molecule has 26 heavy (non-hydrogen) atoms. The number of nitrogens with zero attached hydrogens (tertiary/aromatic N) is 1. The van der Waals surface area contributed by atoms with Crippen LogP contribution >= 0.6 is 11.6 Å². The first kappa shape index (κ1) is 20.3. The number of aromatic amines is 1. The lowest BCUT2D eigenvalue weighted by Crippen LogP contribution is -2.27. The molecule has 1 atom stereocenters. The normalized spacial score (nSPS) is 12.5. The fourth-order valence-corrected chi connectivity index (χ4v) is 3.93. The van der Waals surface area contributed by atoms with Gasteiger partial charge in [-0.1, -0.05) is 45.0 Å². The summed E-state index contributed by atoms with van der Waals surface area (Å²) in [6.07, 6.45) is 0.0208. The van der Waals surface area contributed by atoms with E-state index in [2.05, 4.69) is 30.7 Å². The molecule has 0 saturated heterocycles. The highest BCUT2D eigenvalue weighted by Crippen LogP contribution is 2.36. The van der Waals surface area contributed by atoms with Gasteiger partial charge in [-0.15, -0.1) is 0 Å². The molecule has 3 aromatic rings. The maximum atomic E-state index is 11.4. The molecule has 4 nitrogen and oxygen atoms in total. The molecule has 1 heterocycles. The van der Waals surface area contributed by atoms with Gasteiger partial charge in [0, 0.05) is 27.4 Å². The summed E-state index contributed by atoms with van der Waals surface area (Å²) in [7, 11) is 0. The van der Waals surface area contributed by atoms with Crippen LogP contribution in [0.1, 0.15) is 45.4 Å². The molecular formula is C21H27ClN2O2. The standard InChI is InChI=1S/C20H23ClN2O2.CH4/c1-4-23(5-2)12(3)19-13(10-18(24)25)6-8-15-16-11-14(21)7-9-17(16)22-20(15)19;/h6-9,11-12,22H,4-5,10H2,1-3H3,(H,24,25);1H4. The molecule has 0 amide bonds. The molecule has 5 heteroatoms. The summed E-state index contributed by atoms with van der Waals surface area (Å²) in [6.45, 7) is 8.22. The number of rotatable bonds is 6. The van der Waals surface area contributed by atoms with Gasteiger partial charge in [-0.05, 0) is 49.3 Å². The van der Waals surface area contributed by atoms with Crippen LogP contribution in [-0.4, -0.2) is 34.0 Å². The Hall–Kier alpha value is -2.04. The molecule has 0 fully saturated rings. The van der Waals surface area contributed by atoms with Crippen molar-refractivity contribution in [3.05, 3.63) is 46.5 Å². The first-order valence-corrected chi connectivity index (χ1v) is 9.02. The van der Waals surface area contributed by atoms with Crippen molar-refractivity contribution in [1.82, 2.24) is 9.88 Å². The van der Waals surface area contributed by atoms with E-state index in [4.69, 9.17) is 11.6 Å². The number of carboxylic acid groups (broad SMARTS) is 1. The molecule has 3 rings (SSSR count). The number of nitrogens with one attached hydrogen (secondary N) is 1. The SMILES string of the molecule is C.CCN(CC)C(C)c1c(CC(=O)O)ccc2c1[nH]c1ccc(Cl)cc12. The fraction of sp³-hybridized carbons (Fsp3) is 0.381. The van der Waals surface area contributed by atoms with Crippen LogP contribution in [0.2, 0.25) is 5.02 Å². The minimum atomic E-state index is -0.813. The molecular weight excluding hydrogens is 348 g/mol. The van der Waals surface area contributed by atoms with E-state index in [0.717, 1.165) is 46.0 Å². The smallest absolute Gasteiger partial charge is 0.307 e. The minimum absolute atomic E-state index is 0. The fourth-order valence-electron chi connectivity index (χ4n) is 3.75. The zero-order valence-electron chi connectivity index (χ0n) is 14.8. The van der Waals surface area contributed by atoms with Gasteiger partial charge in [0.05, 0.1) is 11.9 Å². The van der Waals surface area contributed by atoms with E-state index in [1.807, 2.05) is 30.3 Å². The second kappa shape index (κ2) is 8.11. The lowest BCUT2D eigenvalue weighted by molar-refractivity contribution is -0.136. The average Bonchev–Trinajstić information content (AvgIpc) is 2.92. The van der Waals surface area contributed by atoms with Crippen molar-refractivity contribution in [1.29, 1.82) is 0 Å². The van der Waals surface area contributed by atoms with Gasteiger partial charge in [-0.25, -0.2) is 0 Å². The van der Waals surface area contributed by atoms with Crippen LogP contribution in [-0.2, 0) is 11.2 Å². The molecule has 0 saturated carbocycles. The molecule has 2 aromatic carbocycles. The van der Waals surface area contributed by atoms with E-state index in [9.17, 15) is 9.90 Å². The van der Waals surface area contributed by atoms with Crippen LogP contribution in [0.25, 0.3) is 21.8 Å². The van der Waals surface area contributed by atoms with E-state index in [0.29, 0.717) is 5.02 Å². The van der Waals surface area contributed by atoms with Gasteiger partial charge < -0.3 is 10.1 Å². The summed E-state index contributed by atoms with van der Waals surface area (Å²) >= 11 is 6.17. The average molecular weight is 375 g/mol. The Bertz CT molecular complexity index is 929. The molecule has 0 aliphatic heterocycles. The number of benzene rings is 2. The topological polar surface area (TPSA) is 56.3 Å². The third-order valence-corrected chi connectivity index (χ3v) is 5.22. The van der Waals surface area contributed by atoms with Crippen LogP contribution in [0, 0.1) is 0 Å². The summed E-state index contributed by atoms with van der Waals surface area (Å²) < 4.78 is 0. The van der Waals surface area contributed by atoms with Crippen LogP contribution < -0.4 is 0 Å². The predicted octanol–water partition coefficient (Wildman–Crippen LogP) is 5.64. The highest BCUT2D eigenvalue weighted by molar-refractivity contribution is 6.31. The van der Waals surface area contributed by atoms with Crippen molar-refractivity contribution in [3.8, 4) is 0 Å². The van der Waals surface area contributed by atoms with Crippen molar-refractivity contribution in [2.75, 3.05) is 13.1 Å². The second-order valence-corrected chi connectivity index (χ2v) is 6.78. The summed E-state index contributed by atoms with van der Waals surface area (Å²) in [4.78, 5) is 17.2. The Morgan fingerprint density at radius 3 is 2.50 bits per heavy atom. The maximum Gasteiger partial charge on any atom is 0.307 e. The van der Waals surface area contributed by atoms with Gasteiger partial charge in [0.1, 0.15) is 0 Å². The predicted molar refractivity (Wildman–Crippen MR) is 110 cm³/mol. The quantitative estimate of drug-likeness (QED) is 0.587. The highest BCUT2D eigenvalue weighted by atomic mass is 35.5. The van der Waals surface area contributed by atoms with Crippen molar-refractivity contribution < 1.29 is 9.90 Å². The highest BCUT2D eigenvalue weighted by Gasteiger charge is 2.22. The van der Waals surface area contributed by atoms with Gasteiger partial charge in [-0.2, -0.15) is 0 Å². The lowest BCUT2D eigenvalue weighted by Gasteiger charge is -2.28. The van der Waals surface area contributed by atoms with Gasteiger partial charge in [0.15, 0.2) is 0 Å². The monoisotopic (exact) mass is 374 g/mol. The summed E-state index contributed by atoms with van der Waals surface area (Å²) in [6, 6.07) is 9.86. The number of H-pyrrole nitrogens is 1. The Labute approximate surface area is 159 Å². The second-order valence-electron chi connectivity index (χ2n) is 6.34. The largest absolute Gasteiger partial charge is 0.481 e. The van der Waals surface area contributed by atoms with E-state index >= 15 is 0 Å². The summed E-state index contributed by atoms with van der Waals surface area (Å²) in [5.74, 6) is -0.813. The number of hydrogen-bond acceptors (Lipinski definition) is 2. The summed E-state index contributed by atoms with van der Waals surface area (Å²) in [5.41, 5.74) is 3.95. The van der Waals surface area contributed by atoms with Crippen molar-refractivity contribution in [3.63, 3.8) is 0 Å². The molecule has 2 N–H and O–H groups in total. The first-order chi connectivity index (χ1) is 12.0. The molecule has 0 radical (unpaired) electrons. The Balaban J connectivity index is 0.00000243. The molecule has 140 valence electrons. The van der Waals surface area contributed by atoms with E-state index in [-0.39, 0.29) is 19.9 Å². The van der Waals surface area contributed by atoms with E-state index < -0.39 is 5.97 Å². The van der Waals surface area contributed by atoms with Gasteiger partial charge in [0.25, 0.3) is 0 Å². The third-order valence-electron chi connectivity index (χ3n) is 4.99. The van der Waals surface area contributed by atoms with Crippen molar-refractivity contribution in [2.45, 2.75) is 40.7 Å². The van der Waals surface area contributed by atoms with E-state index in [1.165, 1.54) is 0 Å². The number of aliphatic carboxylic acids is 1. The Morgan fingerprint density at radius 1 is 1.19 bits per heavy atom. The Kier molecular flexibility index (Phi) is 6.32. The molecule has 0 aliphatic carbocycles. The van der Waals surface area contributed by atoms with Crippen LogP contribution in [0.4, 0.5) is 0 Å². The number of halogens is 1. The number of carbonyl (C=O) groups is 1. The maximum absolute atomic E-state index is 11.4. The molecule has 0 aliphatic rings. The zero-order chi connectivity index (χ0) is 18.1. The Morgan fingerprint density at radius 2 is 1.88 bits per heavy atom. The van der Waals surface area contributed by atoms with Gasteiger partial charge >= 0.3 is 5.97 Å². The first-order valence-electron chi connectivity index (χ1n) is 8.64. The van der Waals surface area contributed by atoms with Crippen molar-refractivity contribution in [2.24, 2.45) is 0 Å². The third kappa shape index (κ3) is 3.57. The number of fused-ring (bicyclic) bond motifs is 3. The van der Waals surface area contributed by atoms with Gasteiger partial charge in [-0.3, -0.25) is 9.69 Å². The van der Waals surface area contributed by atoms with Crippen LogP contribution in [0.5, 0.6) is 0 Å². The number of hydrogen-bond donors (Lipinski definition) is 2. The van der Waals surface area contributed by atoms with E-state index in [1.54, 1.807) is 0 Å².